The van der Waals surface area contributed by atoms with Crippen LogP contribution >= 0.6 is 11.8 Å². The summed E-state index contributed by atoms with van der Waals surface area (Å²) >= 11 is 1.23. The summed E-state index contributed by atoms with van der Waals surface area (Å²) in [4.78, 5) is 12.7. The third kappa shape index (κ3) is 6.46. The fourth-order valence-corrected chi connectivity index (χ4v) is 4.49. The van der Waals surface area contributed by atoms with Crippen LogP contribution in [-0.2, 0) is 4.79 Å². The Balaban J connectivity index is 1.53. The maximum absolute atomic E-state index is 12.7. The van der Waals surface area contributed by atoms with Crippen LogP contribution in [-0.4, -0.2) is 68.2 Å². The maximum atomic E-state index is 12.7. The van der Waals surface area contributed by atoms with Gasteiger partial charge in [-0.2, -0.15) is 5.10 Å². The zero-order valence-corrected chi connectivity index (χ0v) is 23.5. The van der Waals surface area contributed by atoms with Crippen molar-refractivity contribution in [1.29, 1.82) is 0 Å². The van der Waals surface area contributed by atoms with Crippen molar-refractivity contribution in [2.45, 2.75) is 5.16 Å². The summed E-state index contributed by atoms with van der Waals surface area (Å²) in [5.41, 5.74) is 4.75. The number of nitrogens with zero attached hydrogens (tertiary/aromatic N) is 4. The molecule has 0 spiro atoms. The van der Waals surface area contributed by atoms with Crippen LogP contribution in [0.15, 0.2) is 70.9 Å². The molecule has 4 rings (SSSR count). The SMILES string of the molecule is COc1ccc(-c2nnc(SCC(=O)N/N=C\c3c(OC)cc(OC)cc3OC)n2-c2ccc(OC)cc2)cc1. The fraction of sp³-hybridized carbons (Fsp3) is 0.214. The van der Waals surface area contributed by atoms with Gasteiger partial charge >= 0.3 is 0 Å². The van der Waals surface area contributed by atoms with E-state index in [9.17, 15) is 4.79 Å². The van der Waals surface area contributed by atoms with Gasteiger partial charge in [0.2, 0.25) is 0 Å². The number of nitrogens with one attached hydrogen (secondary N) is 1. The highest BCUT2D eigenvalue weighted by Crippen LogP contribution is 2.33. The zero-order valence-electron chi connectivity index (χ0n) is 22.7. The first-order chi connectivity index (χ1) is 19.5. The van der Waals surface area contributed by atoms with E-state index in [1.165, 1.54) is 32.2 Å². The van der Waals surface area contributed by atoms with Crippen LogP contribution in [0.4, 0.5) is 0 Å². The highest BCUT2D eigenvalue weighted by atomic mass is 32.2. The van der Waals surface area contributed by atoms with E-state index in [1.807, 2.05) is 53.1 Å². The molecule has 0 aliphatic rings. The standard InChI is InChI=1S/C28H29N5O6S/c1-35-20-10-6-18(7-11-20)27-31-32-28(33(27)19-8-12-21(36-2)13-9-19)40-17-26(34)30-29-16-23-24(38-4)14-22(37-3)15-25(23)39-5/h6-16H,17H2,1-5H3,(H,30,34)/b29-16-. The average Bonchev–Trinajstić information content (AvgIpc) is 3.43. The van der Waals surface area contributed by atoms with Crippen molar-refractivity contribution in [2.75, 3.05) is 41.3 Å². The maximum Gasteiger partial charge on any atom is 0.250 e. The van der Waals surface area contributed by atoms with E-state index in [2.05, 4.69) is 20.7 Å². The van der Waals surface area contributed by atoms with Crippen LogP contribution in [0.5, 0.6) is 28.7 Å². The molecule has 3 aromatic carbocycles. The number of hydrogen-bond acceptors (Lipinski definition) is 10. The van der Waals surface area contributed by atoms with Gasteiger partial charge in [-0.05, 0) is 48.5 Å². The summed E-state index contributed by atoms with van der Waals surface area (Å²) in [6.07, 6.45) is 1.46. The van der Waals surface area contributed by atoms with E-state index in [4.69, 9.17) is 23.7 Å². The molecule has 0 atom stereocenters. The van der Waals surface area contributed by atoms with Crippen molar-refractivity contribution >= 4 is 23.9 Å². The minimum Gasteiger partial charge on any atom is -0.497 e. The third-order valence-electron chi connectivity index (χ3n) is 5.78. The molecule has 0 saturated carbocycles. The second kappa shape index (κ2) is 13.4. The average molecular weight is 564 g/mol. The largest absolute Gasteiger partial charge is 0.497 e. The minimum absolute atomic E-state index is 0.0467. The summed E-state index contributed by atoms with van der Waals surface area (Å²) in [6.45, 7) is 0. The van der Waals surface area contributed by atoms with Gasteiger partial charge in [-0.15, -0.1) is 10.2 Å². The van der Waals surface area contributed by atoms with Gasteiger partial charge in [0.15, 0.2) is 11.0 Å². The van der Waals surface area contributed by atoms with Crippen molar-refractivity contribution in [3.63, 3.8) is 0 Å². The molecule has 0 radical (unpaired) electrons. The summed E-state index contributed by atoms with van der Waals surface area (Å²) < 4.78 is 28.5. The number of carbonyl (C=O) groups excluding carboxylic acids is 1. The smallest absolute Gasteiger partial charge is 0.250 e. The van der Waals surface area contributed by atoms with Gasteiger partial charge in [-0.25, -0.2) is 5.43 Å². The van der Waals surface area contributed by atoms with E-state index < -0.39 is 0 Å². The molecule has 0 bridgehead atoms. The van der Waals surface area contributed by atoms with Crippen LogP contribution in [0.1, 0.15) is 5.56 Å². The molecule has 0 unspecified atom stereocenters. The summed E-state index contributed by atoms with van der Waals surface area (Å²) in [5, 5.41) is 13.4. The van der Waals surface area contributed by atoms with E-state index >= 15 is 0 Å². The minimum atomic E-state index is -0.331. The number of amides is 1. The molecule has 40 heavy (non-hydrogen) atoms. The molecule has 0 aliphatic heterocycles. The number of hydrogen-bond donors (Lipinski definition) is 1. The molecule has 1 heterocycles. The van der Waals surface area contributed by atoms with Crippen molar-refractivity contribution < 1.29 is 28.5 Å². The van der Waals surface area contributed by atoms with Crippen molar-refractivity contribution in [1.82, 2.24) is 20.2 Å². The molecular weight excluding hydrogens is 534 g/mol. The molecule has 208 valence electrons. The van der Waals surface area contributed by atoms with Crippen LogP contribution in [0, 0.1) is 0 Å². The Kier molecular flexibility index (Phi) is 9.47. The molecular formula is C28H29N5O6S. The van der Waals surface area contributed by atoms with E-state index in [-0.39, 0.29) is 11.7 Å². The van der Waals surface area contributed by atoms with Gasteiger partial charge in [0.1, 0.15) is 28.7 Å². The van der Waals surface area contributed by atoms with Crippen LogP contribution in [0.3, 0.4) is 0 Å². The quantitative estimate of drug-likeness (QED) is 0.154. The molecule has 0 saturated heterocycles. The van der Waals surface area contributed by atoms with Crippen LogP contribution in [0.25, 0.3) is 17.1 Å². The number of carbonyl (C=O) groups is 1. The predicted molar refractivity (Wildman–Crippen MR) is 152 cm³/mol. The first-order valence-corrected chi connectivity index (χ1v) is 13.0. The van der Waals surface area contributed by atoms with E-state index in [0.29, 0.717) is 33.8 Å². The molecule has 4 aromatic rings. The summed E-state index contributed by atoms with van der Waals surface area (Å²) in [5.74, 6) is 3.34. The Morgan fingerprint density at radius 3 is 1.95 bits per heavy atom. The zero-order chi connectivity index (χ0) is 28.5. The van der Waals surface area contributed by atoms with Gasteiger partial charge in [-0.3, -0.25) is 9.36 Å². The van der Waals surface area contributed by atoms with Gasteiger partial charge in [0, 0.05) is 23.4 Å². The van der Waals surface area contributed by atoms with Crippen molar-refractivity contribution in [2.24, 2.45) is 5.10 Å². The second-order valence-corrected chi connectivity index (χ2v) is 9.04. The lowest BCUT2D eigenvalue weighted by molar-refractivity contribution is -0.118. The molecule has 12 heteroatoms. The number of methoxy groups -OCH3 is 5. The van der Waals surface area contributed by atoms with Crippen LogP contribution in [0.2, 0.25) is 0 Å². The highest BCUT2D eigenvalue weighted by molar-refractivity contribution is 7.99. The molecule has 0 fully saturated rings. The fourth-order valence-electron chi connectivity index (χ4n) is 3.75. The molecule has 1 aromatic heterocycles. The molecule has 11 nitrogen and oxygen atoms in total. The Morgan fingerprint density at radius 2 is 1.40 bits per heavy atom. The number of benzene rings is 3. The first kappa shape index (κ1) is 28.3. The Bertz CT molecular complexity index is 1450. The number of rotatable bonds is 12. The lowest BCUT2D eigenvalue weighted by Gasteiger charge is -2.12. The molecule has 0 aliphatic carbocycles. The Morgan fingerprint density at radius 1 is 0.825 bits per heavy atom. The van der Waals surface area contributed by atoms with Gasteiger partial charge in [0.05, 0.1) is 53.1 Å². The lowest BCUT2D eigenvalue weighted by Crippen LogP contribution is -2.20. The highest BCUT2D eigenvalue weighted by Gasteiger charge is 2.18. The topological polar surface area (TPSA) is 118 Å². The molecule has 1 N–H and O–H groups in total. The van der Waals surface area contributed by atoms with E-state index in [1.54, 1.807) is 33.5 Å². The summed E-state index contributed by atoms with van der Waals surface area (Å²) in [6, 6.07) is 18.4. The number of hydrazone groups is 1. The van der Waals surface area contributed by atoms with Crippen molar-refractivity contribution in [3.05, 3.63) is 66.2 Å². The Labute approximate surface area is 236 Å². The monoisotopic (exact) mass is 563 g/mol. The third-order valence-corrected chi connectivity index (χ3v) is 6.71. The van der Waals surface area contributed by atoms with Gasteiger partial charge in [0.25, 0.3) is 5.91 Å². The van der Waals surface area contributed by atoms with Crippen LogP contribution < -0.4 is 29.1 Å². The van der Waals surface area contributed by atoms with Gasteiger partial charge in [-0.1, -0.05) is 11.8 Å². The predicted octanol–water partition coefficient (Wildman–Crippen LogP) is 4.22. The van der Waals surface area contributed by atoms with E-state index in [0.717, 1.165) is 22.7 Å². The number of aromatic nitrogens is 3. The number of ether oxygens (including phenoxy) is 5. The number of thioether (sulfide) groups is 1. The van der Waals surface area contributed by atoms with Gasteiger partial charge < -0.3 is 23.7 Å². The summed E-state index contributed by atoms with van der Waals surface area (Å²) in [7, 11) is 7.83. The lowest BCUT2D eigenvalue weighted by atomic mass is 10.2. The second-order valence-electron chi connectivity index (χ2n) is 8.10. The van der Waals surface area contributed by atoms with Crippen molar-refractivity contribution in [3.8, 4) is 45.8 Å². The first-order valence-electron chi connectivity index (χ1n) is 12.0. The molecule has 1 amide bonds. The Hall–Kier alpha value is -4.71. The normalized spacial score (nSPS) is 10.8.